The van der Waals surface area contributed by atoms with Gasteiger partial charge in [0.1, 0.15) is 0 Å². The van der Waals surface area contributed by atoms with Crippen molar-refractivity contribution in [3.63, 3.8) is 0 Å². The lowest BCUT2D eigenvalue weighted by Crippen LogP contribution is -2.44. The molecule has 0 radical (unpaired) electrons. The average Bonchev–Trinajstić information content (AvgIpc) is 3.31. The zero-order valence-corrected chi connectivity index (χ0v) is 13.9. The second-order valence-electron chi connectivity index (χ2n) is 6.38. The molecule has 7 heteroatoms. The van der Waals surface area contributed by atoms with Crippen molar-refractivity contribution in [2.24, 2.45) is 17.6 Å². The smallest absolute Gasteiger partial charge is 0.264 e. The van der Waals surface area contributed by atoms with Crippen molar-refractivity contribution in [3.8, 4) is 0 Å². The summed E-state index contributed by atoms with van der Waals surface area (Å²) >= 11 is 1.31. The second-order valence-corrected chi connectivity index (χ2v) is 7.43. The first-order chi connectivity index (χ1) is 11.0. The molecular weight excluding hydrogens is 314 g/mol. The van der Waals surface area contributed by atoms with E-state index in [4.69, 9.17) is 5.73 Å². The van der Waals surface area contributed by atoms with E-state index in [-0.39, 0.29) is 29.6 Å². The van der Waals surface area contributed by atoms with Crippen molar-refractivity contribution in [1.82, 2.24) is 4.90 Å². The number of nitrogens with one attached hydrogen (secondary N) is 1. The lowest BCUT2D eigenvalue weighted by Gasteiger charge is -2.31. The summed E-state index contributed by atoms with van der Waals surface area (Å²) < 4.78 is 0. The number of amides is 3. The maximum Gasteiger partial charge on any atom is 0.264 e. The van der Waals surface area contributed by atoms with E-state index in [1.807, 2.05) is 13.0 Å². The molecule has 0 aromatic carbocycles. The first kappa shape index (κ1) is 16.0. The number of anilines is 1. The molecule has 23 heavy (non-hydrogen) atoms. The zero-order chi connectivity index (χ0) is 16.6. The summed E-state index contributed by atoms with van der Waals surface area (Å²) in [6, 6.07) is 1.84. The minimum atomic E-state index is -0.345. The van der Waals surface area contributed by atoms with Gasteiger partial charge in [0.15, 0.2) is 0 Å². The number of piperidine rings is 1. The topological polar surface area (TPSA) is 92.5 Å². The van der Waals surface area contributed by atoms with Crippen molar-refractivity contribution >= 4 is 34.1 Å². The number of hydrogen-bond donors (Lipinski definition) is 2. The van der Waals surface area contributed by atoms with Crippen LogP contribution in [0.4, 0.5) is 5.00 Å². The Bertz CT molecular complexity index is 651. The summed E-state index contributed by atoms with van der Waals surface area (Å²) in [5.74, 6) is -0.512. The highest BCUT2D eigenvalue weighted by Gasteiger charge is 2.31. The van der Waals surface area contributed by atoms with Crippen LogP contribution in [0.5, 0.6) is 0 Å². The summed E-state index contributed by atoms with van der Waals surface area (Å²) in [7, 11) is 0. The van der Waals surface area contributed by atoms with Crippen LogP contribution < -0.4 is 11.1 Å². The van der Waals surface area contributed by atoms with E-state index >= 15 is 0 Å². The van der Waals surface area contributed by atoms with Gasteiger partial charge >= 0.3 is 0 Å². The summed E-state index contributed by atoms with van der Waals surface area (Å²) in [4.78, 5) is 38.2. The van der Waals surface area contributed by atoms with Crippen LogP contribution in [0.3, 0.4) is 0 Å². The van der Waals surface area contributed by atoms with Crippen LogP contribution in [0, 0.1) is 18.8 Å². The third-order valence-electron chi connectivity index (χ3n) is 4.42. The lowest BCUT2D eigenvalue weighted by molar-refractivity contribution is -0.123. The molecule has 1 aliphatic carbocycles. The maximum absolute atomic E-state index is 12.7. The van der Waals surface area contributed by atoms with Crippen LogP contribution in [-0.2, 0) is 9.59 Å². The predicted molar refractivity (Wildman–Crippen MR) is 88.2 cm³/mol. The fraction of sp³-hybridized carbons (Fsp3) is 0.562. The van der Waals surface area contributed by atoms with Crippen molar-refractivity contribution in [2.75, 3.05) is 18.4 Å². The SMILES string of the molecule is Cc1cc(NC(=O)C2CC2)sc1C(=O)N1CCCC(C(N)=O)C1. The number of rotatable bonds is 4. The third kappa shape index (κ3) is 3.55. The van der Waals surface area contributed by atoms with Crippen LogP contribution in [-0.4, -0.2) is 35.7 Å². The molecule has 0 spiro atoms. The molecular formula is C16H21N3O3S. The van der Waals surface area contributed by atoms with Crippen LogP contribution in [0.15, 0.2) is 6.07 Å². The number of likely N-dealkylation sites (tertiary alicyclic amines) is 1. The Morgan fingerprint density at radius 1 is 1.26 bits per heavy atom. The molecule has 2 aliphatic rings. The highest BCUT2D eigenvalue weighted by molar-refractivity contribution is 7.18. The lowest BCUT2D eigenvalue weighted by atomic mass is 9.97. The van der Waals surface area contributed by atoms with E-state index in [1.165, 1.54) is 11.3 Å². The molecule has 3 N–H and O–H groups in total. The minimum absolute atomic E-state index is 0.0389. The molecule has 1 atom stereocenters. The number of aryl methyl sites for hydroxylation is 1. The Balaban J connectivity index is 1.70. The van der Waals surface area contributed by atoms with E-state index in [0.29, 0.717) is 23.0 Å². The summed E-state index contributed by atoms with van der Waals surface area (Å²) in [6.45, 7) is 2.89. The molecule has 6 nitrogen and oxygen atoms in total. The first-order valence-electron chi connectivity index (χ1n) is 7.95. The molecule has 3 rings (SSSR count). The molecule has 3 amide bonds. The Kier molecular flexibility index (Phi) is 4.39. The van der Waals surface area contributed by atoms with Gasteiger partial charge in [-0.1, -0.05) is 0 Å². The fourth-order valence-corrected chi connectivity index (χ4v) is 3.91. The molecule has 1 saturated heterocycles. The first-order valence-corrected chi connectivity index (χ1v) is 8.77. The Labute approximate surface area is 139 Å². The number of nitrogens with two attached hydrogens (primary N) is 1. The summed E-state index contributed by atoms with van der Waals surface area (Å²) in [6.07, 6.45) is 3.43. The van der Waals surface area contributed by atoms with E-state index in [0.717, 1.165) is 31.2 Å². The monoisotopic (exact) mass is 335 g/mol. The van der Waals surface area contributed by atoms with Crippen LogP contribution in [0.25, 0.3) is 0 Å². The number of carbonyl (C=O) groups excluding carboxylic acids is 3. The van der Waals surface area contributed by atoms with Gasteiger partial charge in [0.25, 0.3) is 5.91 Å². The van der Waals surface area contributed by atoms with Gasteiger partial charge in [-0.3, -0.25) is 14.4 Å². The Morgan fingerprint density at radius 3 is 2.65 bits per heavy atom. The van der Waals surface area contributed by atoms with Gasteiger partial charge in [0.05, 0.1) is 15.8 Å². The van der Waals surface area contributed by atoms with Crippen molar-refractivity contribution in [1.29, 1.82) is 0 Å². The van der Waals surface area contributed by atoms with E-state index < -0.39 is 0 Å². The van der Waals surface area contributed by atoms with Gasteiger partial charge in [-0.15, -0.1) is 11.3 Å². The van der Waals surface area contributed by atoms with Crippen LogP contribution >= 0.6 is 11.3 Å². The normalized spacial score (nSPS) is 21.1. The van der Waals surface area contributed by atoms with Crippen LogP contribution in [0.2, 0.25) is 0 Å². The fourth-order valence-electron chi connectivity index (χ4n) is 2.86. The molecule has 1 unspecified atom stereocenters. The van der Waals surface area contributed by atoms with Gasteiger partial charge in [0.2, 0.25) is 11.8 Å². The average molecular weight is 335 g/mol. The highest BCUT2D eigenvalue weighted by Crippen LogP contribution is 2.33. The quantitative estimate of drug-likeness (QED) is 0.878. The van der Waals surface area contributed by atoms with E-state index in [1.54, 1.807) is 4.90 Å². The molecule has 1 aromatic heterocycles. The number of hydrogen-bond acceptors (Lipinski definition) is 4. The zero-order valence-electron chi connectivity index (χ0n) is 13.1. The standard InChI is InChI=1S/C16H21N3O3S/c1-9-7-12(18-15(21)10-4-5-10)23-13(9)16(22)19-6-2-3-11(8-19)14(17)20/h7,10-11H,2-6,8H2,1H3,(H2,17,20)(H,18,21). The molecule has 124 valence electrons. The molecule has 1 aliphatic heterocycles. The molecule has 2 fully saturated rings. The van der Waals surface area contributed by atoms with E-state index in [9.17, 15) is 14.4 Å². The molecule has 1 aromatic rings. The maximum atomic E-state index is 12.7. The molecule has 2 heterocycles. The van der Waals surface area contributed by atoms with E-state index in [2.05, 4.69) is 5.32 Å². The third-order valence-corrected chi connectivity index (χ3v) is 5.56. The second kappa shape index (κ2) is 6.31. The number of nitrogens with zero attached hydrogens (tertiary/aromatic N) is 1. The highest BCUT2D eigenvalue weighted by atomic mass is 32.1. The van der Waals surface area contributed by atoms with Crippen molar-refractivity contribution < 1.29 is 14.4 Å². The summed E-state index contributed by atoms with van der Waals surface area (Å²) in [5, 5.41) is 3.60. The predicted octanol–water partition coefficient (Wildman–Crippen LogP) is 1.74. The van der Waals surface area contributed by atoms with Gasteiger partial charge in [0, 0.05) is 19.0 Å². The largest absolute Gasteiger partial charge is 0.369 e. The molecule has 0 bridgehead atoms. The Morgan fingerprint density at radius 2 is 2.00 bits per heavy atom. The van der Waals surface area contributed by atoms with Crippen LogP contribution in [0.1, 0.15) is 40.9 Å². The Hall–Kier alpha value is -1.89. The number of primary amides is 1. The van der Waals surface area contributed by atoms with Gasteiger partial charge in [-0.05, 0) is 44.2 Å². The van der Waals surface area contributed by atoms with Crippen molar-refractivity contribution in [3.05, 3.63) is 16.5 Å². The minimum Gasteiger partial charge on any atom is -0.369 e. The summed E-state index contributed by atoms with van der Waals surface area (Å²) in [5.41, 5.74) is 6.22. The number of thiophene rings is 1. The number of carbonyl (C=O) groups is 3. The van der Waals surface area contributed by atoms with Gasteiger partial charge in [-0.2, -0.15) is 0 Å². The molecule has 1 saturated carbocycles. The van der Waals surface area contributed by atoms with Crippen molar-refractivity contribution in [2.45, 2.75) is 32.6 Å². The van der Waals surface area contributed by atoms with Gasteiger partial charge in [-0.25, -0.2) is 0 Å². The van der Waals surface area contributed by atoms with Gasteiger partial charge < -0.3 is 16.0 Å².